The minimum atomic E-state index is 0.0132. The first-order valence-corrected chi connectivity index (χ1v) is 6.10. The van der Waals surface area contributed by atoms with Gasteiger partial charge in [-0.05, 0) is 31.7 Å². The van der Waals surface area contributed by atoms with Crippen LogP contribution in [0.5, 0.6) is 0 Å². The molecule has 1 amide bonds. The van der Waals surface area contributed by atoms with E-state index in [1.807, 2.05) is 0 Å². The van der Waals surface area contributed by atoms with Crippen molar-refractivity contribution in [3.8, 4) is 0 Å². The first-order valence-electron chi connectivity index (χ1n) is 6.10. The van der Waals surface area contributed by atoms with E-state index in [4.69, 9.17) is 0 Å². The van der Waals surface area contributed by atoms with Crippen LogP contribution in [0.4, 0.5) is 0 Å². The molecule has 0 radical (unpaired) electrons. The summed E-state index contributed by atoms with van der Waals surface area (Å²) in [4.78, 5) is 11.9. The fraction of sp³-hybridized carbons (Fsp3) is 0.917. The summed E-state index contributed by atoms with van der Waals surface area (Å²) >= 11 is 0. The summed E-state index contributed by atoms with van der Waals surface area (Å²) in [6.45, 7) is 9.52. The van der Waals surface area contributed by atoms with Crippen molar-refractivity contribution >= 4 is 5.91 Å². The van der Waals surface area contributed by atoms with Crippen LogP contribution in [-0.2, 0) is 4.79 Å². The second kappa shape index (κ2) is 5.50. The summed E-state index contributed by atoms with van der Waals surface area (Å²) in [7, 11) is 0. The van der Waals surface area contributed by atoms with Crippen LogP contribution in [0, 0.1) is 11.8 Å². The van der Waals surface area contributed by atoms with Crippen molar-refractivity contribution in [1.29, 1.82) is 0 Å². The van der Waals surface area contributed by atoms with Crippen molar-refractivity contribution in [3.63, 3.8) is 0 Å². The van der Waals surface area contributed by atoms with E-state index in [0.717, 1.165) is 19.4 Å². The number of amides is 1. The van der Waals surface area contributed by atoms with Crippen molar-refractivity contribution < 1.29 is 4.79 Å². The Balaban J connectivity index is 2.40. The number of rotatable bonds is 4. The SMILES string of the molecule is CCCC(C)NC(=O)C1NCC(C)C1C. The molecule has 4 atom stereocenters. The molecule has 1 aliphatic heterocycles. The third-order valence-corrected chi connectivity index (χ3v) is 3.48. The molecule has 0 aromatic heterocycles. The van der Waals surface area contributed by atoms with Gasteiger partial charge in [-0.25, -0.2) is 0 Å². The molecular formula is C12H24N2O. The van der Waals surface area contributed by atoms with Crippen LogP contribution in [0.1, 0.15) is 40.5 Å². The van der Waals surface area contributed by atoms with Crippen LogP contribution in [0.2, 0.25) is 0 Å². The smallest absolute Gasteiger partial charge is 0.237 e. The van der Waals surface area contributed by atoms with Gasteiger partial charge in [-0.15, -0.1) is 0 Å². The predicted octanol–water partition coefficient (Wildman–Crippen LogP) is 1.54. The van der Waals surface area contributed by atoms with Gasteiger partial charge in [-0.1, -0.05) is 27.2 Å². The van der Waals surface area contributed by atoms with Gasteiger partial charge >= 0.3 is 0 Å². The first kappa shape index (κ1) is 12.5. The number of carbonyl (C=O) groups is 1. The molecule has 0 aromatic rings. The fourth-order valence-corrected chi connectivity index (χ4v) is 2.18. The van der Waals surface area contributed by atoms with E-state index in [2.05, 4.69) is 38.3 Å². The maximum atomic E-state index is 11.9. The van der Waals surface area contributed by atoms with Gasteiger partial charge in [0, 0.05) is 6.04 Å². The van der Waals surface area contributed by atoms with Crippen LogP contribution in [0.25, 0.3) is 0 Å². The fourth-order valence-electron chi connectivity index (χ4n) is 2.18. The molecule has 0 aliphatic carbocycles. The highest BCUT2D eigenvalue weighted by Crippen LogP contribution is 2.21. The predicted molar refractivity (Wildman–Crippen MR) is 62.6 cm³/mol. The summed E-state index contributed by atoms with van der Waals surface area (Å²) in [5, 5.41) is 6.36. The van der Waals surface area contributed by atoms with Crippen LogP contribution in [0.3, 0.4) is 0 Å². The van der Waals surface area contributed by atoms with E-state index < -0.39 is 0 Å². The van der Waals surface area contributed by atoms with Crippen molar-refractivity contribution in [2.45, 2.75) is 52.6 Å². The first-order chi connectivity index (χ1) is 7.06. The standard InChI is InChI=1S/C12H24N2O/c1-5-6-9(3)14-12(15)11-10(4)8(2)7-13-11/h8-11,13H,5-7H2,1-4H3,(H,14,15). The van der Waals surface area contributed by atoms with Crippen molar-refractivity contribution in [3.05, 3.63) is 0 Å². The van der Waals surface area contributed by atoms with Crippen molar-refractivity contribution in [2.24, 2.45) is 11.8 Å². The third kappa shape index (κ3) is 3.20. The van der Waals surface area contributed by atoms with Crippen LogP contribution in [-0.4, -0.2) is 24.5 Å². The number of hydrogen-bond acceptors (Lipinski definition) is 2. The molecule has 0 saturated carbocycles. The molecule has 2 N–H and O–H groups in total. The Morgan fingerprint density at radius 1 is 1.53 bits per heavy atom. The Labute approximate surface area is 93.0 Å². The van der Waals surface area contributed by atoms with Gasteiger partial charge in [0.05, 0.1) is 6.04 Å². The average Bonchev–Trinajstić information content (AvgIpc) is 2.48. The molecule has 1 heterocycles. The monoisotopic (exact) mass is 212 g/mol. The normalized spacial score (nSPS) is 32.7. The van der Waals surface area contributed by atoms with Gasteiger partial charge in [0.15, 0.2) is 0 Å². The highest BCUT2D eigenvalue weighted by atomic mass is 16.2. The third-order valence-electron chi connectivity index (χ3n) is 3.48. The molecular weight excluding hydrogens is 188 g/mol. The topological polar surface area (TPSA) is 41.1 Å². The minimum absolute atomic E-state index is 0.0132. The summed E-state index contributed by atoms with van der Waals surface area (Å²) in [5.74, 6) is 1.22. The molecule has 1 rings (SSSR count). The lowest BCUT2D eigenvalue weighted by atomic mass is 9.93. The molecule has 0 spiro atoms. The number of carbonyl (C=O) groups excluding carboxylic acids is 1. The quantitative estimate of drug-likeness (QED) is 0.742. The number of nitrogens with one attached hydrogen (secondary N) is 2. The van der Waals surface area contributed by atoms with E-state index in [1.165, 1.54) is 0 Å². The van der Waals surface area contributed by atoms with Crippen LogP contribution >= 0.6 is 0 Å². The molecule has 1 saturated heterocycles. The Kier molecular flexibility index (Phi) is 4.58. The Morgan fingerprint density at radius 3 is 2.67 bits per heavy atom. The average molecular weight is 212 g/mol. The zero-order valence-electron chi connectivity index (χ0n) is 10.3. The molecule has 1 aliphatic rings. The van der Waals surface area contributed by atoms with E-state index >= 15 is 0 Å². The Morgan fingerprint density at radius 2 is 2.20 bits per heavy atom. The molecule has 3 nitrogen and oxygen atoms in total. The van der Waals surface area contributed by atoms with E-state index in [-0.39, 0.29) is 11.9 Å². The minimum Gasteiger partial charge on any atom is -0.352 e. The Bertz CT molecular complexity index is 218. The van der Waals surface area contributed by atoms with Gasteiger partial charge < -0.3 is 10.6 Å². The van der Waals surface area contributed by atoms with Gasteiger partial charge in [0.25, 0.3) is 0 Å². The van der Waals surface area contributed by atoms with Crippen LogP contribution in [0.15, 0.2) is 0 Å². The molecule has 15 heavy (non-hydrogen) atoms. The second-order valence-electron chi connectivity index (χ2n) is 4.92. The van der Waals surface area contributed by atoms with Crippen LogP contribution < -0.4 is 10.6 Å². The van der Waals surface area contributed by atoms with E-state index in [9.17, 15) is 4.79 Å². The summed E-state index contributed by atoms with van der Waals surface area (Å²) in [5.41, 5.74) is 0. The van der Waals surface area contributed by atoms with Gasteiger partial charge in [0.2, 0.25) is 5.91 Å². The van der Waals surface area contributed by atoms with Gasteiger partial charge in [0.1, 0.15) is 0 Å². The maximum Gasteiger partial charge on any atom is 0.237 e. The lowest BCUT2D eigenvalue weighted by molar-refractivity contribution is -0.124. The van der Waals surface area contributed by atoms with E-state index in [0.29, 0.717) is 17.9 Å². The highest BCUT2D eigenvalue weighted by molar-refractivity contribution is 5.82. The summed E-state index contributed by atoms with van der Waals surface area (Å²) < 4.78 is 0. The molecule has 3 heteroatoms. The van der Waals surface area contributed by atoms with Crippen molar-refractivity contribution in [1.82, 2.24) is 10.6 Å². The van der Waals surface area contributed by atoms with Gasteiger partial charge in [-0.2, -0.15) is 0 Å². The lowest BCUT2D eigenvalue weighted by Gasteiger charge is -2.20. The lowest BCUT2D eigenvalue weighted by Crippen LogP contribution is -2.46. The summed E-state index contributed by atoms with van der Waals surface area (Å²) in [6, 6.07) is 0.312. The summed E-state index contributed by atoms with van der Waals surface area (Å²) in [6.07, 6.45) is 2.17. The zero-order valence-corrected chi connectivity index (χ0v) is 10.3. The largest absolute Gasteiger partial charge is 0.352 e. The zero-order chi connectivity index (χ0) is 11.4. The molecule has 88 valence electrons. The molecule has 0 aromatic carbocycles. The second-order valence-corrected chi connectivity index (χ2v) is 4.92. The molecule has 4 unspecified atom stereocenters. The maximum absolute atomic E-state index is 11.9. The highest BCUT2D eigenvalue weighted by Gasteiger charge is 2.34. The Hall–Kier alpha value is -0.570. The molecule has 0 bridgehead atoms. The van der Waals surface area contributed by atoms with Crippen molar-refractivity contribution in [2.75, 3.05) is 6.54 Å². The van der Waals surface area contributed by atoms with Gasteiger partial charge in [-0.3, -0.25) is 4.79 Å². The molecule has 1 fully saturated rings. The van der Waals surface area contributed by atoms with E-state index in [1.54, 1.807) is 0 Å². The number of hydrogen-bond donors (Lipinski definition) is 2.